The molecule has 1 N–H and O–H groups in total. The average molecular weight is 285 g/mol. The Labute approximate surface area is 112 Å². The maximum atomic E-state index is 13.4. The summed E-state index contributed by atoms with van der Waals surface area (Å²) in [6.07, 6.45) is 3.05. The summed E-state index contributed by atoms with van der Waals surface area (Å²) < 4.78 is 27.1. The Morgan fingerprint density at radius 1 is 1.26 bits per heavy atom. The van der Waals surface area contributed by atoms with Crippen molar-refractivity contribution < 1.29 is 18.7 Å². The highest BCUT2D eigenvalue weighted by Gasteiger charge is 2.12. The second-order valence-electron chi connectivity index (χ2n) is 4.27. The van der Waals surface area contributed by atoms with Crippen LogP contribution in [0.25, 0.3) is 10.2 Å². The molecule has 0 aliphatic heterocycles. The van der Waals surface area contributed by atoms with Gasteiger partial charge in [-0.15, -0.1) is 11.3 Å². The van der Waals surface area contributed by atoms with Crippen molar-refractivity contribution in [3.63, 3.8) is 0 Å². The van der Waals surface area contributed by atoms with Crippen molar-refractivity contribution in [3.8, 4) is 0 Å². The van der Waals surface area contributed by atoms with E-state index in [1.807, 2.05) is 0 Å². The molecule has 0 radical (unpaired) electrons. The lowest BCUT2D eigenvalue weighted by Crippen LogP contribution is -1.94. The van der Waals surface area contributed by atoms with E-state index in [1.165, 1.54) is 17.4 Å². The number of halogens is 2. The number of aromatic nitrogens is 1. The summed E-state index contributed by atoms with van der Waals surface area (Å²) in [6.45, 7) is 0. The molecule has 19 heavy (non-hydrogen) atoms. The zero-order chi connectivity index (χ0) is 13.8. The minimum absolute atomic E-state index is 0.0885. The van der Waals surface area contributed by atoms with Gasteiger partial charge in [-0.3, -0.25) is 4.79 Å². The number of hydrogen-bond donors (Lipinski definition) is 1. The van der Waals surface area contributed by atoms with E-state index in [-0.39, 0.29) is 11.9 Å². The molecule has 3 nitrogen and oxygen atoms in total. The number of carbonyl (C=O) groups is 1. The normalized spacial score (nSPS) is 11.1. The molecule has 0 saturated heterocycles. The number of nitrogens with zero attached hydrogens (tertiary/aromatic N) is 1. The Morgan fingerprint density at radius 3 is 2.79 bits per heavy atom. The van der Waals surface area contributed by atoms with Gasteiger partial charge in [-0.25, -0.2) is 13.8 Å². The lowest BCUT2D eigenvalue weighted by atomic mass is 10.1. The maximum Gasteiger partial charge on any atom is 0.303 e. The summed E-state index contributed by atoms with van der Waals surface area (Å²) in [6, 6.07) is 2.63. The molecule has 1 aromatic carbocycles. The Bertz CT molecular complexity index is 598. The molecule has 0 fully saturated rings. The highest BCUT2D eigenvalue weighted by molar-refractivity contribution is 7.18. The molecule has 0 unspecified atom stereocenters. The van der Waals surface area contributed by atoms with Crippen molar-refractivity contribution in [1.29, 1.82) is 0 Å². The second-order valence-corrected chi connectivity index (χ2v) is 5.39. The van der Waals surface area contributed by atoms with Crippen LogP contribution in [-0.2, 0) is 11.2 Å². The van der Waals surface area contributed by atoms with Crippen LogP contribution in [0.2, 0.25) is 0 Å². The van der Waals surface area contributed by atoms with Crippen LogP contribution in [0.15, 0.2) is 12.1 Å². The van der Waals surface area contributed by atoms with E-state index >= 15 is 0 Å². The van der Waals surface area contributed by atoms with Crippen molar-refractivity contribution in [2.24, 2.45) is 0 Å². The first-order valence-electron chi connectivity index (χ1n) is 6.03. The molecule has 0 spiro atoms. The van der Waals surface area contributed by atoms with Gasteiger partial charge in [0.2, 0.25) is 0 Å². The Balaban J connectivity index is 1.95. The largest absolute Gasteiger partial charge is 0.481 e. The molecule has 0 atom stereocenters. The number of carboxylic acids is 1. The van der Waals surface area contributed by atoms with Crippen LogP contribution in [-0.4, -0.2) is 16.1 Å². The van der Waals surface area contributed by atoms with Crippen molar-refractivity contribution in [2.75, 3.05) is 0 Å². The number of thiazole rings is 1. The SMILES string of the molecule is O=C(O)CCCCCc1nc2c(F)c(F)ccc2s1. The number of unbranched alkanes of at least 4 members (excludes halogenated alkanes) is 2. The van der Waals surface area contributed by atoms with E-state index in [1.54, 1.807) is 0 Å². The molecule has 0 aliphatic rings. The zero-order valence-electron chi connectivity index (χ0n) is 10.2. The molecular formula is C13H13F2NO2S. The fourth-order valence-electron chi connectivity index (χ4n) is 1.82. The molecule has 0 bridgehead atoms. The predicted octanol–water partition coefficient (Wildman–Crippen LogP) is 3.76. The Hall–Kier alpha value is -1.56. The van der Waals surface area contributed by atoms with Crippen molar-refractivity contribution in [2.45, 2.75) is 32.1 Å². The van der Waals surface area contributed by atoms with Gasteiger partial charge in [0.1, 0.15) is 5.52 Å². The van der Waals surface area contributed by atoms with Gasteiger partial charge in [0.15, 0.2) is 11.6 Å². The molecule has 0 aliphatic carbocycles. The number of rotatable bonds is 6. The van der Waals surface area contributed by atoms with Gasteiger partial charge in [0.25, 0.3) is 0 Å². The predicted molar refractivity (Wildman–Crippen MR) is 69.3 cm³/mol. The summed E-state index contributed by atoms with van der Waals surface area (Å²) in [7, 11) is 0. The van der Waals surface area contributed by atoms with Gasteiger partial charge in [-0.05, 0) is 31.4 Å². The first-order chi connectivity index (χ1) is 9.08. The van der Waals surface area contributed by atoms with Crippen molar-refractivity contribution in [3.05, 3.63) is 28.8 Å². The zero-order valence-corrected chi connectivity index (χ0v) is 11.0. The van der Waals surface area contributed by atoms with Gasteiger partial charge in [-0.1, -0.05) is 6.42 Å². The number of fused-ring (bicyclic) bond motifs is 1. The minimum Gasteiger partial charge on any atom is -0.481 e. The van der Waals surface area contributed by atoms with Gasteiger partial charge >= 0.3 is 5.97 Å². The molecular weight excluding hydrogens is 272 g/mol. The highest BCUT2D eigenvalue weighted by atomic mass is 32.1. The molecule has 6 heteroatoms. The molecule has 0 amide bonds. The van der Waals surface area contributed by atoms with Crippen LogP contribution in [0.3, 0.4) is 0 Å². The molecule has 2 aromatic rings. The van der Waals surface area contributed by atoms with E-state index in [4.69, 9.17) is 5.11 Å². The minimum atomic E-state index is -0.897. The fraction of sp³-hybridized carbons (Fsp3) is 0.385. The monoisotopic (exact) mass is 285 g/mol. The third-order valence-corrected chi connectivity index (χ3v) is 3.86. The summed E-state index contributed by atoms with van der Waals surface area (Å²) in [5, 5.41) is 9.25. The van der Waals surface area contributed by atoms with E-state index < -0.39 is 17.6 Å². The second kappa shape index (κ2) is 6.06. The van der Waals surface area contributed by atoms with E-state index in [0.29, 0.717) is 17.5 Å². The van der Waals surface area contributed by atoms with E-state index in [2.05, 4.69) is 4.98 Å². The summed E-state index contributed by atoms with van der Waals surface area (Å²) in [4.78, 5) is 14.4. The molecule has 102 valence electrons. The number of hydrogen-bond acceptors (Lipinski definition) is 3. The molecule has 1 aromatic heterocycles. The quantitative estimate of drug-likeness (QED) is 0.822. The van der Waals surface area contributed by atoms with Gasteiger partial charge < -0.3 is 5.11 Å². The number of aliphatic carboxylic acids is 1. The van der Waals surface area contributed by atoms with Crippen LogP contribution in [0.4, 0.5) is 8.78 Å². The standard InChI is InChI=1S/C13H13F2NO2S/c14-8-6-7-9-13(12(8)15)16-10(19-9)4-2-1-3-5-11(17)18/h6-7H,1-5H2,(H,17,18). The third-order valence-electron chi connectivity index (χ3n) is 2.78. The topological polar surface area (TPSA) is 50.2 Å². The first-order valence-corrected chi connectivity index (χ1v) is 6.85. The van der Waals surface area contributed by atoms with Crippen LogP contribution in [0.5, 0.6) is 0 Å². The number of benzene rings is 1. The van der Waals surface area contributed by atoms with Crippen LogP contribution < -0.4 is 0 Å². The molecule has 1 heterocycles. The van der Waals surface area contributed by atoms with Crippen LogP contribution in [0, 0.1) is 11.6 Å². The summed E-state index contributed by atoms with van der Waals surface area (Å²) >= 11 is 1.35. The fourth-order valence-corrected chi connectivity index (χ4v) is 2.82. The Kier molecular flexibility index (Phi) is 4.42. The van der Waals surface area contributed by atoms with Gasteiger partial charge in [0.05, 0.1) is 9.71 Å². The Morgan fingerprint density at radius 2 is 2.05 bits per heavy atom. The lowest BCUT2D eigenvalue weighted by molar-refractivity contribution is -0.137. The van der Waals surface area contributed by atoms with Crippen LogP contribution >= 0.6 is 11.3 Å². The average Bonchev–Trinajstić information content (AvgIpc) is 2.77. The number of carboxylic acid groups (broad SMARTS) is 1. The van der Waals surface area contributed by atoms with Crippen molar-refractivity contribution >= 4 is 27.5 Å². The van der Waals surface area contributed by atoms with E-state index in [9.17, 15) is 13.6 Å². The molecule has 2 rings (SSSR count). The maximum absolute atomic E-state index is 13.4. The highest BCUT2D eigenvalue weighted by Crippen LogP contribution is 2.26. The smallest absolute Gasteiger partial charge is 0.303 e. The number of aryl methyl sites for hydroxylation is 1. The van der Waals surface area contributed by atoms with Crippen LogP contribution in [0.1, 0.15) is 30.7 Å². The first kappa shape index (κ1) is 13.9. The van der Waals surface area contributed by atoms with Crippen molar-refractivity contribution in [1.82, 2.24) is 4.98 Å². The van der Waals surface area contributed by atoms with Gasteiger partial charge in [-0.2, -0.15) is 0 Å². The van der Waals surface area contributed by atoms with E-state index in [0.717, 1.165) is 23.9 Å². The third kappa shape index (κ3) is 3.47. The molecule has 0 saturated carbocycles. The summed E-state index contributed by atoms with van der Waals surface area (Å²) in [5.41, 5.74) is 0.0885. The lowest BCUT2D eigenvalue weighted by Gasteiger charge is -1.96. The summed E-state index contributed by atoms with van der Waals surface area (Å²) in [5.74, 6) is -2.57. The van der Waals surface area contributed by atoms with Gasteiger partial charge in [0, 0.05) is 6.42 Å².